The zero-order valence-corrected chi connectivity index (χ0v) is 13.6. The number of rotatable bonds is 4. The van der Waals surface area contributed by atoms with E-state index in [4.69, 9.17) is 0 Å². The number of carbonyl (C=O) groups excluding carboxylic acids is 3. The maximum absolute atomic E-state index is 12.3. The quantitative estimate of drug-likeness (QED) is 0.473. The highest BCUT2D eigenvalue weighted by molar-refractivity contribution is 6.05. The fraction of sp³-hybridized carbons (Fsp3) is 0.688. The molecule has 3 aliphatic rings. The summed E-state index contributed by atoms with van der Waals surface area (Å²) in [6, 6.07) is 0. The number of carbonyl (C=O) groups is 3. The van der Waals surface area contributed by atoms with Crippen LogP contribution in [0.3, 0.4) is 0 Å². The molecule has 2 saturated heterocycles. The summed E-state index contributed by atoms with van der Waals surface area (Å²) >= 11 is 0. The first-order chi connectivity index (χ1) is 11.1. The molecule has 2 heterocycles. The van der Waals surface area contributed by atoms with Gasteiger partial charge in [-0.1, -0.05) is 12.2 Å². The number of quaternary nitrogens is 1. The molecule has 3 rings (SSSR count). The zero-order valence-electron chi connectivity index (χ0n) is 13.6. The van der Waals surface area contributed by atoms with Crippen LogP contribution >= 0.6 is 0 Å². The van der Waals surface area contributed by atoms with Crippen LogP contribution in [0, 0.1) is 11.8 Å². The second-order valence-corrected chi connectivity index (χ2v) is 6.71. The standard InChI is InChI=1S/C16H24N4O3/c1-18-8-10-19(11-9-18)17-14(21)6-7-20-15(22)12-4-2-3-5-13(12)16(20)23/h2-3,12-13H,4-11H2,1H3,(H,17,21)/p+1. The van der Waals surface area contributed by atoms with Crippen molar-refractivity contribution in [3.63, 3.8) is 0 Å². The van der Waals surface area contributed by atoms with Gasteiger partial charge in [0.15, 0.2) is 0 Å². The van der Waals surface area contributed by atoms with E-state index in [9.17, 15) is 14.4 Å². The van der Waals surface area contributed by atoms with Crippen molar-refractivity contribution in [2.24, 2.45) is 11.8 Å². The first-order valence-corrected chi connectivity index (χ1v) is 8.42. The Morgan fingerprint density at radius 3 is 2.30 bits per heavy atom. The molecule has 7 nitrogen and oxygen atoms in total. The van der Waals surface area contributed by atoms with Crippen LogP contribution in [0.5, 0.6) is 0 Å². The van der Waals surface area contributed by atoms with Crippen LogP contribution < -0.4 is 10.3 Å². The highest BCUT2D eigenvalue weighted by atomic mass is 16.2. The van der Waals surface area contributed by atoms with Gasteiger partial charge in [0.05, 0.1) is 45.1 Å². The van der Waals surface area contributed by atoms with Gasteiger partial charge < -0.3 is 4.90 Å². The van der Waals surface area contributed by atoms with Crippen LogP contribution in [0.1, 0.15) is 19.3 Å². The van der Waals surface area contributed by atoms with Gasteiger partial charge in [-0.2, -0.15) is 0 Å². The second-order valence-electron chi connectivity index (χ2n) is 6.71. The number of likely N-dealkylation sites (tertiary alicyclic amines) is 1. The van der Waals surface area contributed by atoms with Gasteiger partial charge in [0.1, 0.15) is 0 Å². The van der Waals surface area contributed by atoms with Gasteiger partial charge in [-0.25, -0.2) is 5.01 Å². The Morgan fingerprint density at radius 1 is 1.17 bits per heavy atom. The van der Waals surface area contributed by atoms with Crippen LogP contribution in [-0.4, -0.2) is 67.4 Å². The van der Waals surface area contributed by atoms with Crippen molar-refractivity contribution in [1.29, 1.82) is 0 Å². The summed E-state index contributed by atoms with van der Waals surface area (Å²) in [6.07, 6.45) is 5.39. The summed E-state index contributed by atoms with van der Waals surface area (Å²) in [6.45, 7) is 3.85. The van der Waals surface area contributed by atoms with Crippen LogP contribution in [0.15, 0.2) is 12.2 Å². The monoisotopic (exact) mass is 321 g/mol. The fourth-order valence-electron chi connectivity index (χ4n) is 3.54. The molecule has 0 aromatic heterocycles. The summed E-state index contributed by atoms with van der Waals surface area (Å²) in [5, 5.41) is 1.92. The van der Waals surface area contributed by atoms with E-state index < -0.39 is 0 Å². The molecule has 23 heavy (non-hydrogen) atoms. The van der Waals surface area contributed by atoms with E-state index >= 15 is 0 Å². The Bertz CT molecular complexity index is 499. The Kier molecular flexibility index (Phi) is 4.77. The number of imide groups is 1. The molecule has 0 bridgehead atoms. The van der Waals surface area contributed by atoms with Crippen LogP contribution in [0.2, 0.25) is 0 Å². The predicted octanol–water partition coefficient (Wildman–Crippen LogP) is -1.81. The van der Waals surface area contributed by atoms with Gasteiger partial charge in [-0.05, 0) is 12.8 Å². The predicted molar refractivity (Wildman–Crippen MR) is 83.0 cm³/mol. The molecule has 2 atom stereocenters. The molecule has 0 radical (unpaired) electrons. The van der Waals surface area contributed by atoms with E-state index in [-0.39, 0.29) is 42.5 Å². The summed E-state index contributed by atoms with van der Waals surface area (Å²) in [7, 11) is 2.14. The number of hydrazine groups is 1. The van der Waals surface area contributed by atoms with E-state index in [1.54, 1.807) is 0 Å². The third kappa shape index (κ3) is 3.45. The Labute approximate surface area is 136 Å². The number of amides is 3. The number of likely N-dealkylation sites (N-methyl/N-ethyl adjacent to an activating group) is 1. The van der Waals surface area contributed by atoms with Crippen LogP contribution in [0.25, 0.3) is 0 Å². The molecule has 0 aromatic rings. The Balaban J connectivity index is 1.47. The van der Waals surface area contributed by atoms with Crippen molar-refractivity contribution < 1.29 is 19.3 Å². The van der Waals surface area contributed by atoms with E-state index in [0.29, 0.717) is 12.8 Å². The number of hydrogen-bond acceptors (Lipinski definition) is 4. The minimum atomic E-state index is -0.212. The summed E-state index contributed by atoms with van der Waals surface area (Å²) in [4.78, 5) is 39.4. The van der Waals surface area contributed by atoms with Gasteiger partial charge in [0.2, 0.25) is 17.7 Å². The minimum Gasteiger partial charge on any atom is -0.335 e. The van der Waals surface area contributed by atoms with E-state index in [2.05, 4.69) is 12.5 Å². The van der Waals surface area contributed by atoms with Crippen molar-refractivity contribution in [1.82, 2.24) is 15.3 Å². The minimum absolute atomic E-state index is 0.111. The van der Waals surface area contributed by atoms with E-state index in [1.165, 1.54) is 9.80 Å². The normalized spacial score (nSPS) is 29.0. The highest BCUT2D eigenvalue weighted by Crippen LogP contribution is 2.34. The third-order valence-corrected chi connectivity index (χ3v) is 5.06. The largest absolute Gasteiger partial charge is 0.335 e. The SMILES string of the molecule is C[NH+]1CCN(NC(=O)CCN2C(=O)C3CC=CCC3C2=O)CC1. The number of nitrogens with one attached hydrogen (secondary N) is 2. The molecule has 0 aromatic carbocycles. The molecule has 126 valence electrons. The lowest BCUT2D eigenvalue weighted by molar-refractivity contribution is -0.884. The molecule has 2 fully saturated rings. The van der Waals surface area contributed by atoms with Crippen molar-refractivity contribution in [2.75, 3.05) is 39.8 Å². The molecule has 2 aliphatic heterocycles. The number of hydrogen-bond donors (Lipinski definition) is 2. The topological polar surface area (TPSA) is 74.2 Å². The average molecular weight is 321 g/mol. The maximum atomic E-state index is 12.3. The average Bonchev–Trinajstić information content (AvgIpc) is 2.80. The molecule has 1 aliphatic carbocycles. The zero-order chi connectivity index (χ0) is 16.4. The molecule has 2 unspecified atom stereocenters. The van der Waals surface area contributed by atoms with Crippen molar-refractivity contribution in [3.05, 3.63) is 12.2 Å². The molecule has 7 heteroatoms. The number of allylic oxidation sites excluding steroid dienone is 2. The lowest BCUT2D eigenvalue weighted by Gasteiger charge is -2.30. The smallest absolute Gasteiger partial charge is 0.236 e. The Morgan fingerprint density at radius 2 is 1.74 bits per heavy atom. The van der Waals surface area contributed by atoms with Gasteiger partial charge in [0, 0.05) is 13.0 Å². The van der Waals surface area contributed by atoms with Crippen LogP contribution in [0.4, 0.5) is 0 Å². The second kappa shape index (κ2) is 6.80. The fourth-order valence-corrected chi connectivity index (χ4v) is 3.54. The van der Waals surface area contributed by atoms with Gasteiger partial charge in [-0.15, -0.1) is 0 Å². The lowest BCUT2D eigenvalue weighted by Crippen LogP contribution is -3.12. The summed E-state index contributed by atoms with van der Waals surface area (Å²) in [5.74, 6) is -0.772. The summed E-state index contributed by atoms with van der Waals surface area (Å²) in [5.41, 5.74) is 2.88. The Hall–Kier alpha value is -1.73. The van der Waals surface area contributed by atoms with Crippen molar-refractivity contribution >= 4 is 17.7 Å². The third-order valence-electron chi connectivity index (χ3n) is 5.06. The molecule has 0 spiro atoms. The molecular formula is C16H25N4O3+. The van der Waals surface area contributed by atoms with Gasteiger partial charge >= 0.3 is 0 Å². The van der Waals surface area contributed by atoms with E-state index in [0.717, 1.165) is 26.2 Å². The van der Waals surface area contributed by atoms with Crippen LogP contribution in [-0.2, 0) is 14.4 Å². The van der Waals surface area contributed by atoms with Gasteiger partial charge in [-0.3, -0.25) is 24.7 Å². The first kappa shape index (κ1) is 16.1. The first-order valence-electron chi connectivity index (χ1n) is 8.42. The lowest BCUT2D eigenvalue weighted by atomic mass is 9.85. The van der Waals surface area contributed by atoms with E-state index in [1.807, 2.05) is 17.2 Å². The number of fused-ring (bicyclic) bond motifs is 1. The molecular weight excluding hydrogens is 296 g/mol. The van der Waals surface area contributed by atoms with Crippen molar-refractivity contribution in [3.8, 4) is 0 Å². The molecule has 3 amide bonds. The summed E-state index contributed by atoms with van der Waals surface area (Å²) < 4.78 is 0. The molecule has 0 saturated carbocycles. The van der Waals surface area contributed by atoms with Gasteiger partial charge in [0.25, 0.3) is 0 Å². The van der Waals surface area contributed by atoms with Crippen molar-refractivity contribution in [2.45, 2.75) is 19.3 Å². The maximum Gasteiger partial charge on any atom is 0.236 e. The molecule has 2 N–H and O–H groups in total. The highest BCUT2D eigenvalue weighted by Gasteiger charge is 2.46. The number of nitrogens with zero attached hydrogens (tertiary/aromatic N) is 2. The number of piperazine rings is 1.